The van der Waals surface area contributed by atoms with Gasteiger partial charge >= 0.3 is 0 Å². The monoisotopic (exact) mass is 130 g/mol. The molecule has 0 bridgehead atoms. The van der Waals surface area contributed by atoms with E-state index in [-0.39, 0.29) is 0 Å². The van der Waals surface area contributed by atoms with E-state index in [9.17, 15) is 0 Å². The Bertz CT molecular complexity index is 74.5. The smallest absolute Gasteiger partial charge is 0.0506 e. The van der Waals surface area contributed by atoms with Crippen LogP contribution in [0.3, 0.4) is 0 Å². The van der Waals surface area contributed by atoms with Gasteiger partial charge in [0.25, 0.3) is 0 Å². The Morgan fingerprint density at radius 3 is 2.38 bits per heavy atom. The highest BCUT2D eigenvalue weighted by molar-refractivity contribution is 7.99. The minimum atomic E-state index is 0.917. The lowest BCUT2D eigenvalue weighted by molar-refractivity contribution is 0.183. The first kappa shape index (κ1) is 5.12. The van der Waals surface area contributed by atoms with Crippen LogP contribution in [0.4, 0.5) is 0 Å². The van der Waals surface area contributed by atoms with Crippen LogP contribution in [0.2, 0.25) is 0 Å². The van der Waals surface area contributed by atoms with Gasteiger partial charge in [0, 0.05) is 0 Å². The SMILES string of the molecule is C1OC[C@H]2CSC[C@@H]12. The molecule has 2 rings (SSSR count). The summed E-state index contributed by atoms with van der Waals surface area (Å²) in [5.41, 5.74) is 0. The van der Waals surface area contributed by atoms with Crippen LogP contribution in [-0.2, 0) is 4.74 Å². The van der Waals surface area contributed by atoms with Crippen molar-refractivity contribution in [3.8, 4) is 0 Å². The minimum Gasteiger partial charge on any atom is -0.381 e. The average molecular weight is 130 g/mol. The molecule has 2 heterocycles. The summed E-state index contributed by atoms with van der Waals surface area (Å²) >= 11 is 2.09. The molecular formula is C6H10OS. The molecule has 0 aromatic rings. The van der Waals surface area contributed by atoms with E-state index in [1.807, 2.05) is 0 Å². The van der Waals surface area contributed by atoms with Gasteiger partial charge < -0.3 is 4.74 Å². The molecule has 8 heavy (non-hydrogen) atoms. The van der Waals surface area contributed by atoms with Crippen molar-refractivity contribution in [1.82, 2.24) is 0 Å². The first-order valence-electron chi connectivity index (χ1n) is 3.12. The molecule has 0 unspecified atom stereocenters. The van der Waals surface area contributed by atoms with E-state index < -0.39 is 0 Å². The molecule has 0 saturated carbocycles. The first-order chi connectivity index (χ1) is 3.97. The molecule has 2 fully saturated rings. The Balaban J connectivity index is 2.04. The van der Waals surface area contributed by atoms with Crippen molar-refractivity contribution in [2.24, 2.45) is 11.8 Å². The van der Waals surface area contributed by atoms with Crippen molar-refractivity contribution >= 4 is 11.8 Å². The molecule has 2 aliphatic heterocycles. The second kappa shape index (κ2) is 1.92. The fourth-order valence-electron chi connectivity index (χ4n) is 1.38. The van der Waals surface area contributed by atoms with Crippen LogP contribution >= 0.6 is 11.8 Å². The molecular weight excluding hydrogens is 120 g/mol. The van der Waals surface area contributed by atoms with Gasteiger partial charge in [-0.2, -0.15) is 11.8 Å². The molecule has 0 aromatic carbocycles. The van der Waals surface area contributed by atoms with Gasteiger partial charge in [-0.15, -0.1) is 0 Å². The van der Waals surface area contributed by atoms with Gasteiger partial charge in [0.15, 0.2) is 0 Å². The van der Waals surface area contributed by atoms with E-state index in [2.05, 4.69) is 11.8 Å². The average Bonchev–Trinajstić information content (AvgIpc) is 2.15. The predicted octanol–water partition coefficient (Wildman–Crippen LogP) is 0.996. The number of ether oxygens (including phenoxy) is 1. The van der Waals surface area contributed by atoms with Crippen LogP contribution in [0.15, 0.2) is 0 Å². The molecule has 0 amide bonds. The van der Waals surface area contributed by atoms with Crippen LogP contribution in [0.5, 0.6) is 0 Å². The van der Waals surface area contributed by atoms with E-state index in [0.717, 1.165) is 25.0 Å². The van der Waals surface area contributed by atoms with Gasteiger partial charge in [0.2, 0.25) is 0 Å². The van der Waals surface area contributed by atoms with Gasteiger partial charge in [-0.1, -0.05) is 0 Å². The number of hydrogen-bond acceptors (Lipinski definition) is 2. The zero-order valence-electron chi connectivity index (χ0n) is 4.80. The van der Waals surface area contributed by atoms with Gasteiger partial charge in [-0.05, 0) is 23.3 Å². The van der Waals surface area contributed by atoms with Crippen molar-refractivity contribution in [2.45, 2.75) is 0 Å². The lowest BCUT2D eigenvalue weighted by Crippen LogP contribution is -2.07. The van der Waals surface area contributed by atoms with E-state index in [4.69, 9.17) is 4.74 Å². The van der Waals surface area contributed by atoms with E-state index in [0.29, 0.717) is 0 Å². The molecule has 2 aliphatic rings. The molecule has 46 valence electrons. The molecule has 1 nitrogen and oxygen atoms in total. The van der Waals surface area contributed by atoms with E-state index in [1.165, 1.54) is 11.5 Å². The molecule has 2 heteroatoms. The van der Waals surface area contributed by atoms with Crippen LogP contribution in [-0.4, -0.2) is 24.7 Å². The third-order valence-corrected chi connectivity index (χ3v) is 3.32. The zero-order valence-corrected chi connectivity index (χ0v) is 5.62. The lowest BCUT2D eigenvalue weighted by Gasteiger charge is -1.99. The normalized spacial score (nSPS) is 45.0. The highest BCUT2D eigenvalue weighted by Crippen LogP contribution is 2.34. The van der Waals surface area contributed by atoms with E-state index in [1.54, 1.807) is 0 Å². The van der Waals surface area contributed by atoms with Crippen LogP contribution < -0.4 is 0 Å². The number of fused-ring (bicyclic) bond motifs is 1. The number of rotatable bonds is 0. The highest BCUT2D eigenvalue weighted by atomic mass is 32.2. The van der Waals surface area contributed by atoms with Gasteiger partial charge in [0.05, 0.1) is 13.2 Å². The first-order valence-corrected chi connectivity index (χ1v) is 4.28. The molecule has 0 N–H and O–H groups in total. The maximum Gasteiger partial charge on any atom is 0.0506 e. The summed E-state index contributed by atoms with van der Waals surface area (Å²) in [7, 11) is 0. The standard InChI is InChI=1S/C6H10OS/c1-5-3-8-4-6(5)2-7-1/h5-6H,1-4H2/t5-,6+. The van der Waals surface area contributed by atoms with Crippen LogP contribution in [0.25, 0.3) is 0 Å². The summed E-state index contributed by atoms with van der Waals surface area (Å²) in [5.74, 6) is 4.54. The summed E-state index contributed by atoms with van der Waals surface area (Å²) in [4.78, 5) is 0. The lowest BCUT2D eigenvalue weighted by atomic mass is 10.0. The Kier molecular flexibility index (Phi) is 1.23. The predicted molar refractivity (Wildman–Crippen MR) is 35.1 cm³/mol. The van der Waals surface area contributed by atoms with Crippen molar-refractivity contribution in [3.05, 3.63) is 0 Å². The Morgan fingerprint density at radius 2 is 1.75 bits per heavy atom. The third-order valence-electron chi connectivity index (χ3n) is 1.99. The molecule has 0 spiro atoms. The fraction of sp³-hybridized carbons (Fsp3) is 1.00. The third kappa shape index (κ3) is 0.669. The second-order valence-corrected chi connectivity index (χ2v) is 3.67. The summed E-state index contributed by atoms with van der Waals surface area (Å²) in [6.45, 7) is 2.08. The highest BCUT2D eigenvalue weighted by Gasteiger charge is 2.32. The molecule has 2 atom stereocenters. The maximum absolute atomic E-state index is 5.30. The van der Waals surface area contributed by atoms with E-state index >= 15 is 0 Å². The van der Waals surface area contributed by atoms with Crippen LogP contribution in [0, 0.1) is 11.8 Å². The number of hydrogen-bond donors (Lipinski definition) is 0. The van der Waals surface area contributed by atoms with Gasteiger partial charge in [-0.25, -0.2) is 0 Å². The quantitative estimate of drug-likeness (QED) is 0.483. The summed E-state index contributed by atoms with van der Waals surface area (Å²) in [6.07, 6.45) is 0. The molecule has 0 aromatic heterocycles. The number of thioether (sulfide) groups is 1. The Labute approximate surface area is 53.8 Å². The Morgan fingerprint density at radius 1 is 1.12 bits per heavy atom. The van der Waals surface area contributed by atoms with Crippen molar-refractivity contribution < 1.29 is 4.74 Å². The zero-order chi connectivity index (χ0) is 5.40. The molecule has 2 saturated heterocycles. The van der Waals surface area contributed by atoms with Gasteiger partial charge in [-0.3, -0.25) is 0 Å². The van der Waals surface area contributed by atoms with Gasteiger partial charge in [0.1, 0.15) is 0 Å². The summed E-state index contributed by atoms with van der Waals surface area (Å²) < 4.78 is 5.30. The Hall–Kier alpha value is 0.310. The second-order valence-electron chi connectivity index (χ2n) is 2.60. The maximum atomic E-state index is 5.30. The summed E-state index contributed by atoms with van der Waals surface area (Å²) in [6, 6.07) is 0. The van der Waals surface area contributed by atoms with Crippen molar-refractivity contribution in [2.75, 3.05) is 24.7 Å². The van der Waals surface area contributed by atoms with Crippen molar-refractivity contribution in [1.29, 1.82) is 0 Å². The minimum absolute atomic E-state index is 0.917. The topological polar surface area (TPSA) is 9.23 Å². The molecule has 0 aliphatic carbocycles. The van der Waals surface area contributed by atoms with Crippen LogP contribution in [0.1, 0.15) is 0 Å². The molecule has 0 radical (unpaired) electrons. The van der Waals surface area contributed by atoms with Crippen molar-refractivity contribution in [3.63, 3.8) is 0 Å². The fourth-order valence-corrected chi connectivity index (χ4v) is 2.86. The largest absolute Gasteiger partial charge is 0.381 e. The summed E-state index contributed by atoms with van der Waals surface area (Å²) in [5, 5.41) is 0.